The molecule has 0 spiro atoms. The molecule has 2 N–H and O–H groups in total. The van der Waals surface area contributed by atoms with Crippen molar-refractivity contribution in [3.8, 4) is 0 Å². The first-order valence-electron chi connectivity index (χ1n) is 22.0. The highest BCUT2D eigenvalue weighted by Gasteiger charge is 2.38. The van der Waals surface area contributed by atoms with Gasteiger partial charge in [0.25, 0.3) is 5.56 Å². The highest BCUT2D eigenvalue weighted by molar-refractivity contribution is 7.47. The maximum Gasteiger partial charge on any atom is 0.472 e. The van der Waals surface area contributed by atoms with Gasteiger partial charge >= 0.3 is 25.5 Å². The summed E-state index contributed by atoms with van der Waals surface area (Å²) in [6.45, 7) is 4.43. The van der Waals surface area contributed by atoms with Crippen molar-refractivity contribution in [3.05, 3.63) is 43.0 Å². The number of carbonyl (C=O) groups excluding carboxylic acids is 2. The third kappa shape index (κ3) is 23.0. The Balaban J connectivity index is 1.86. The monoisotopic (exact) mass is 841 g/mol. The molecule has 0 amide bonds. The maximum atomic E-state index is 13.0. The van der Waals surface area contributed by atoms with Crippen LogP contribution in [0.25, 0.3) is 10.4 Å². The Hall–Kier alpha value is -3.00. The van der Waals surface area contributed by atoms with Crippen LogP contribution in [0.2, 0.25) is 0 Å². The standard InChI is InChI=1S/C41H72N5O11P/c1-4-6-8-10-12-14-16-18-20-22-24-26-38(47)53-30-34(56-39(48)27-25-23-21-19-17-15-13-11-9-7-5-2)31-54-58(51,52)55-32-36-35(44-45-42)28-37(57-36)46-29-33(3)40(49)43-41(46)50/h29,34-37H,4-28,30-32H2,1-3H3,(H,51,52)(H,43,49,50)/t34?,35-,36+,37+/m0/s1. The quantitative estimate of drug-likeness (QED) is 0.0163. The zero-order valence-corrected chi connectivity index (χ0v) is 36.3. The van der Waals surface area contributed by atoms with Gasteiger partial charge in [0, 0.05) is 35.9 Å². The van der Waals surface area contributed by atoms with Crippen LogP contribution in [0, 0.1) is 6.92 Å². The van der Waals surface area contributed by atoms with E-state index in [9.17, 15) is 28.6 Å². The number of nitrogens with zero attached hydrogens (tertiary/aromatic N) is 4. The molecule has 1 aromatic rings. The molecule has 1 fully saturated rings. The Kier molecular flexibility index (Phi) is 27.3. The van der Waals surface area contributed by atoms with Crippen LogP contribution in [0.3, 0.4) is 0 Å². The minimum absolute atomic E-state index is 0.0295. The molecule has 0 radical (unpaired) electrons. The Morgan fingerprint density at radius 2 is 1.34 bits per heavy atom. The molecule has 1 aliphatic heterocycles. The van der Waals surface area contributed by atoms with Crippen LogP contribution in [-0.4, -0.2) is 64.5 Å². The predicted octanol–water partition coefficient (Wildman–Crippen LogP) is 9.80. The third-order valence-electron chi connectivity index (χ3n) is 10.4. The van der Waals surface area contributed by atoms with E-state index in [1.807, 2.05) is 0 Å². The number of unbranched alkanes of at least 4 members (excludes halogenated alkanes) is 20. The van der Waals surface area contributed by atoms with Gasteiger partial charge in [0.2, 0.25) is 0 Å². The number of rotatable bonds is 35. The SMILES string of the molecule is CCCCCCCCCCCCCC(=O)OCC(COP(=O)(O)OC[C@H]1O[C@@H](n2cc(C)c(=O)[nH]c2=O)C[C@@H]1N=[N+]=[N-])OC(=O)CCCCCCCCCCCCC. The van der Waals surface area contributed by atoms with Crippen molar-refractivity contribution < 1.29 is 42.3 Å². The topological polar surface area (TPSA) is 221 Å². The average Bonchev–Trinajstić information content (AvgIpc) is 3.60. The van der Waals surface area contributed by atoms with Gasteiger partial charge in [0.15, 0.2) is 6.10 Å². The molecule has 0 bridgehead atoms. The molecule has 2 heterocycles. The molecule has 58 heavy (non-hydrogen) atoms. The Morgan fingerprint density at radius 1 is 0.845 bits per heavy atom. The lowest BCUT2D eigenvalue weighted by atomic mass is 10.1. The highest BCUT2D eigenvalue weighted by Crippen LogP contribution is 2.45. The largest absolute Gasteiger partial charge is 0.472 e. The van der Waals surface area contributed by atoms with Crippen LogP contribution >= 0.6 is 7.82 Å². The van der Waals surface area contributed by atoms with Gasteiger partial charge in [-0.25, -0.2) is 9.36 Å². The number of aromatic amines is 1. The minimum atomic E-state index is -4.80. The first kappa shape index (κ1) is 51.1. The second-order valence-corrected chi connectivity index (χ2v) is 17.0. The number of phosphoric acid groups is 1. The number of aromatic nitrogens is 2. The van der Waals surface area contributed by atoms with Gasteiger partial charge in [-0.2, -0.15) is 0 Å². The smallest absolute Gasteiger partial charge is 0.462 e. The molecule has 1 aliphatic rings. The lowest BCUT2D eigenvalue weighted by Gasteiger charge is -2.21. The molecule has 0 aromatic carbocycles. The molecule has 0 aliphatic carbocycles. The number of H-pyrrole nitrogens is 1. The van der Waals surface area contributed by atoms with E-state index in [0.717, 1.165) is 43.1 Å². The zero-order valence-electron chi connectivity index (χ0n) is 35.5. The maximum absolute atomic E-state index is 13.0. The van der Waals surface area contributed by atoms with E-state index in [-0.39, 0.29) is 31.4 Å². The first-order chi connectivity index (χ1) is 28.0. The summed E-state index contributed by atoms with van der Waals surface area (Å²) in [5.74, 6) is -0.991. The van der Waals surface area contributed by atoms with Crippen molar-refractivity contribution in [1.82, 2.24) is 9.55 Å². The Labute approximate surface area is 344 Å². The van der Waals surface area contributed by atoms with E-state index in [4.69, 9.17) is 28.8 Å². The van der Waals surface area contributed by atoms with Crippen molar-refractivity contribution in [3.63, 3.8) is 0 Å². The second-order valence-electron chi connectivity index (χ2n) is 15.5. The number of nitrogens with one attached hydrogen (secondary N) is 1. The molecule has 2 rings (SSSR count). The van der Waals surface area contributed by atoms with Gasteiger partial charge in [-0.3, -0.25) is 33.0 Å². The number of azide groups is 1. The van der Waals surface area contributed by atoms with Crippen molar-refractivity contribution >= 4 is 19.8 Å². The summed E-state index contributed by atoms with van der Waals surface area (Å²) in [5, 5.41) is 3.68. The summed E-state index contributed by atoms with van der Waals surface area (Å²) in [4.78, 5) is 65.1. The molecule has 0 saturated carbocycles. The number of hydrogen-bond donors (Lipinski definition) is 2. The molecule has 5 atom stereocenters. The van der Waals surface area contributed by atoms with Crippen molar-refractivity contribution in [2.24, 2.45) is 5.11 Å². The number of aryl methyl sites for hydroxylation is 1. The van der Waals surface area contributed by atoms with Crippen molar-refractivity contribution in [2.45, 2.75) is 206 Å². The molecule has 16 nitrogen and oxygen atoms in total. The van der Waals surface area contributed by atoms with E-state index in [1.165, 1.54) is 103 Å². The molecule has 332 valence electrons. The molecule has 2 unspecified atom stereocenters. The molecular formula is C41H72N5O11P. The summed E-state index contributed by atoms with van der Waals surface area (Å²) in [6.07, 6.45) is 23.6. The van der Waals surface area contributed by atoms with E-state index < -0.39 is 68.7 Å². The fourth-order valence-electron chi connectivity index (χ4n) is 6.89. The van der Waals surface area contributed by atoms with Crippen molar-refractivity contribution in [1.29, 1.82) is 0 Å². The van der Waals surface area contributed by atoms with Crippen molar-refractivity contribution in [2.75, 3.05) is 19.8 Å². The van der Waals surface area contributed by atoms with Crippen LogP contribution < -0.4 is 11.2 Å². The summed E-state index contributed by atoms with van der Waals surface area (Å²) in [7, 11) is -4.80. The van der Waals surface area contributed by atoms with Gasteiger partial charge in [0.1, 0.15) is 12.8 Å². The number of ether oxygens (including phenoxy) is 3. The van der Waals surface area contributed by atoms with Crippen LogP contribution in [0.15, 0.2) is 20.9 Å². The Bertz CT molecular complexity index is 1520. The summed E-state index contributed by atoms with van der Waals surface area (Å²) >= 11 is 0. The minimum Gasteiger partial charge on any atom is -0.462 e. The van der Waals surface area contributed by atoms with E-state index in [2.05, 4.69) is 28.9 Å². The molecule has 17 heteroatoms. The van der Waals surface area contributed by atoms with E-state index in [1.54, 1.807) is 0 Å². The second kappa shape index (κ2) is 31.0. The third-order valence-corrected chi connectivity index (χ3v) is 11.3. The van der Waals surface area contributed by atoms with Gasteiger partial charge in [-0.05, 0) is 25.3 Å². The average molecular weight is 842 g/mol. The summed E-state index contributed by atoms with van der Waals surface area (Å²) in [5.41, 5.74) is 8.05. The number of hydrogen-bond acceptors (Lipinski definition) is 11. The van der Waals surface area contributed by atoms with Crippen LogP contribution in [0.1, 0.15) is 186 Å². The lowest BCUT2D eigenvalue weighted by molar-refractivity contribution is -0.161. The van der Waals surface area contributed by atoms with Gasteiger partial charge in [-0.1, -0.05) is 147 Å². The normalized spacial score (nSPS) is 18.0. The number of esters is 2. The molecule has 1 saturated heterocycles. The van der Waals surface area contributed by atoms with Gasteiger partial charge in [-0.15, -0.1) is 0 Å². The van der Waals surface area contributed by atoms with Gasteiger partial charge < -0.3 is 19.1 Å². The lowest BCUT2D eigenvalue weighted by Crippen LogP contribution is -2.33. The zero-order chi connectivity index (χ0) is 42.4. The van der Waals surface area contributed by atoms with Gasteiger partial charge in [0.05, 0.1) is 25.4 Å². The number of carbonyl (C=O) groups is 2. The van der Waals surface area contributed by atoms with Crippen LogP contribution in [0.5, 0.6) is 0 Å². The van der Waals surface area contributed by atoms with Crippen LogP contribution in [0.4, 0.5) is 0 Å². The fraction of sp³-hybridized carbons (Fsp3) is 0.854. The Morgan fingerprint density at radius 3 is 1.86 bits per heavy atom. The molecule has 1 aromatic heterocycles. The number of phosphoric ester groups is 1. The first-order valence-corrected chi connectivity index (χ1v) is 23.5. The van der Waals surface area contributed by atoms with E-state index in [0.29, 0.717) is 12.8 Å². The van der Waals surface area contributed by atoms with Crippen LogP contribution in [-0.2, 0) is 37.4 Å². The predicted molar refractivity (Wildman–Crippen MR) is 222 cm³/mol. The molecular weight excluding hydrogens is 769 g/mol. The van der Waals surface area contributed by atoms with E-state index >= 15 is 0 Å². The highest BCUT2D eigenvalue weighted by atomic mass is 31.2. The summed E-state index contributed by atoms with van der Waals surface area (Å²) < 4.78 is 41.3. The fourth-order valence-corrected chi connectivity index (χ4v) is 7.66. The summed E-state index contributed by atoms with van der Waals surface area (Å²) in [6, 6.07) is -0.877.